The van der Waals surface area contributed by atoms with Crippen LogP contribution in [0.4, 0.5) is 0 Å². The van der Waals surface area contributed by atoms with E-state index in [2.05, 4.69) is 42.9 Å². The third-order valence-corrected chi connectivity index (χ3v) is 4.76. The Labute approximate surface area is 107 Å². The van der Waals surface area contributed by atoms with Crippen molar-refractivity contribution in [1.82, 2.24) is 15.1 Å². The Hall–Kier alpha value is -0.120. The van der Waals surface area contributed by atoms with Crippen molar-refractivity contribution in [1.29, 1.82) is 0 Å². The van der Waals surface area contributed by atoms with Gasteiger partial charge in [0.25, 0.3) is 0 Å². The van der Waals surface area contributed by atoms with Crippen LogP contribution >= 0.6 is 0 Å². The number of nitrogens with zero attached hydrogens (tertiary/aromatic N) is 2. The average molecular weight is 239 g/mol. The van der Waals surface area contributed by atoms with E-state index in [9.17, 15) is 0 Å². The molecule has 1 aliphatic carbocycles. The highest BCUT2D eigenvalue weighted by Gasteiger charge is 2.38. The molecule has 0 spiro atoms. The van der Waals surface area contributed by atoms with Gasteiger partial charge in [-0.2, -0.15) is 0 Å². The van der Waals surface area contributed by atoms with Crippen LogP contribution in [0.15, 0.2) is 0 Å². The Morgan fingerprint density at radius 2 is 2.00 bits per heavy atom. The van der Waals surface area contributed by atoms with Gasteiger partial charge in [-0.15, -0.1) is 0 Å². The summed E-state index contributed by atoms with van der Waals surface area (Å²) in [5.41, 5.74) is 0.331. The Morgan fingerprint density at radius 3 is 2.65 bits per heavy atom. The van der Waals surface area contributed by atoms with E-state index in [-0.39, 0.29) is 0 Å². The smallest absolute Gasteiger partial charge is 0.0277 e. The minimum Gasteiger partial charge on any atom is -0.313 e. The second kappa shape index (κ2) is 5.25. The largest absolute Gasteiger partial charge is 0.313 e. The van der Waals surface area contributed by atoms with Gasteiger partial charge in [0.15, 0.2) is 0 Å². The standard InChI is InChI=1S/C14H29N3/c1-5-15-12-7-6-8-13(12)17-10-9-16(4)14(2,3)11-17/h12-13,15H,5-11H2,1-4H3. The maximum atomic E-state index is 3.68. The molecule has 0 aromatic rings. The molecule has 2 fully saturated rings. The molecule has 0 radical (unpaired) electrons. The maximum Gasteiger partial charge on any atom is 0.0277 e. The van der Waals surface area contributed by atoms with Gasteiger partial charge in [-0.05, 0) is 40.3 Å². The van der Waals surface area contributed by atoms with E-state index in [0.29, 0.717) is 5.54 Å². The highest BCUT2D eigenvalue weighted by Crippen LogP contribution is 2.28. The quantitative estimate of drug-likeness (QED) is 0.806. The lowest BCUT2D eigenvalue weighted by atomic mass is 9.97. The fourth-order valence-corrected chi connectivity index (χ4v) is 3.44. The second-order valence-electron chi connectivity index (χ2n) is 6.37. The molecule has 0 aromatic carbocycles. The van der Waals surface area contributed by atoms with Crippen molar-refractivity contribution in [3.8, 4) is 0 Å². The van der Waals surface area contributed by atoms with Crippen LogP contribution in [0.1, 0.15) is 40.0 Å². The molecule has 17 heavy (non-hydrogen) atoms. The first-order chi connectivity index (χ1) is 8.04. The van der Waals surface area contributed by atoms with Crippen LogP contribution in [-0.2, 0) is 0 Å². The molecule has 1 aliphatic heterocycles. The Balaban J connectivity index is 1.98. The summed E-state index contributed by atoms with van der Waals surface area (Å²) in [4.78, 5) is 5.24. The summed E-state index contributed by atoms with van der Waals surface area (Å²) >= 11 is 0. The molecule has 1 heterocycles. The summed E-state index contributed by atoms with van der Waals surface area (Å²) in [6.45, 7) is 11.7. The maximum absolute atomic E-state index is 3.68. The zero-order chi connectivity index (χ0) is 12.5. The van der Waals surface area contributed by atoms with E-state index in [4.69, 9.17) is 0 Å². The molecule has 2 aliphatic rings. The van der Waals surface area contributed by atoms with E-state index in [1.807, 2.05) is 0 Å². The molecule has 2 unspecified atom stereocenters. The zero-order valence-electron chi connectivity index (χ0n) is 12.0. The lowest BCUT2D eigenvalue weighted by molar-refractivity contribution is 0.0123. The average Bonchev–Trinajstić information content (AvgIpc) is 2.71. The normalized spacial score (nSPS) is 35.3. The van der Waals surface area contributed by atoms with Crippen molar-refractivity contribution in [3.63, 3.8) is 0 Å². The highest BCUT2D eigenvalue weighted by molar-refractivity contribution is 4.96. The lowest BCUT2D eigenvalue weighted by Crippen LogP contribution is -2.61. The summed E-state index contributed by atoms with van der Waals surface area (Å²) < 4.78 is 0. The number of rotatable bonds is 3. The van der Waals surface area contributed by atoms with Gasteiger partial charge < -0.3 is 5.32 Å². The second-order valence-corrected chi connectivity index (χ2v) is 6.37. The summed E-state index contributed by atoms with van der Waals surface area (Å²) in [6.07, 6.45) is 4.15. The van der Waals surface area contributed by atoms with Crippen LogP contribution in [0.2, 0.25) is 0 Å². The van der Waals surface area contributed by atoms with Crippen molar-refractivity contribution >= 4 is 0 Å². The summed E-state index contributed by atoms with van der Waals surface area (Å²) in [6, 6.07) is 1.52. The van der Waals surface area contributed by atoms with Crippen LogP contribution in [0, 0.1) is 0 Å². The zero-order valence-corrected chi connectivity index (χ0v) is 12.0. The third kappa shape index (κ3) is 2.83. The molecule has 3 nitrogen and oxygen atoms in total. The molecule has 0 amide bonds. The van der Waals surface area contributed by atoms with Crippen molar-refractivity contribution in [2.45, 2.75) is 57.7 Å². The Morgan fingerprint density at radius 1 is 1.24 bits per heavy atom. The first-order valence-corrected chi connectivity index (χ1v) is 7.23. The van der Waals surface area contributed by atoms with Gasteiger partial charge in [0.1, 0.15) is 0 Å². The first kappa shape index (κ1) is 13.3. The lowest BCUT2D eigenvalue weighted by Gasteiger charge is -2.48. The topological polar surface area (TPSA) is 18.5 Å². The van der Waals surface area contributed by atoms with E-state index in [1.54, 1.807) is 0 Å². The van der Waals surface area contributed by atoms with Gasteiger partial charge in [0.2, 0.25) is 0 Å². The van der Waals surface area contributed by atoms with Crippen molar-refractivity contribution in [2.75, 3.05) is 33.2 Å². The molecular weight excluding hydrogens is 210 g/mol. The van der Waals surface area contributed by atoms with Gasteiger partial charge in [0.05, 0.1) is 0 Å². The van der Waals surface area contributed by atoms with E-state index < -0.39 is 0 Å². The van der Waals surface area contributed by atoms with E-state index in [1.165, 1.54) is 38.9 Å². The van der Waals surface area contributed by atoms with E-state index >= 15 is 0 Å². The van der Waals surface area contributed by atoms with Crippen LogP contribution in [-0.4, -0.2) is 60.6 Å². The number of hydrogen-bond acceptors (Lipinski definition) is 3. The monoisotopic (exact) mass is 239 g/mol. The van der Waals surface area contributed by atoms with Crippen molar-refractivity contribution in [2.24, 2.45) is 0 Å². The molecule has 1 saturated carbocycles. The molecule has 1 saturated heterocycles. The fraction of sp³-hybridized carbons (Fsp3) is 1.00. The molecule has 2 rings (SSSR count). The SMILES string of the molecule is CCNC1CCCC1N1CCN(C)C(C)(C)C1. The number of nitrogens with one attached hydrogen (secondary N) is 1. The van der Waals surface area contributed by atoms with Crippen LogP contribution in [0.5, 0.6) is 0 Å². The molecule has 3 heteroatoms. The number of piperazine rings is 1. The summed E-state index contributed by atoms with van der Waals surface area (Å²) in [5.74, 6) is 0. The van der Waals surface area contributed by atoms with Crippen LogP contribution < -0.4 is 5.32 Å². The van der Waals surface area contributed by atoms with Crippen molar-refractivity contribution in [3.05, 3.63) is 0 Å². The van der Waals surface area contributed by atoms with E-state index in [0.717, 1.165) is 18.6 Å². The van der Waals surface area contributed by atoms with Crippen LogP contribution in [0.25, 0.3) is 0 Å². The van der Waals surface area contributed by atoms with Gasteiger partial charge in [-0.1, -0.05) is 13.3 Å². The number of likely N-dealkylation sites (N-methyl/N-ethyl adjacent to an activating group) is 2. The fourth-order valence-electron chi connectivity index (χ4n) is 3.44. The Kier molecular flexibility index (Phi) is 4.11. The Bertz CT molecular complexity index is 252. The van der Waals surface area contributed by atoms with Gasteiger partial charge in [-0.25, -0.2) is 0 Å². The van der Waals surface area contributed by atoms with Crippen molar-refractivity contribution < 1.29 is 0 Å². The molecule has 0 bridgehead atoms. The summed E-state index contributed by atoms with van der Waals surface area (Å²) in [5, 5.41) is 3.68. The van der Waals surface area contributed by atoms with Crippen LogP contribution in [0.3, 0.4) is 0 Å². The molecular formula is C14H29N3. The first-order valence-electron chi connectivity index (χ1n) is 7.23. The molecule has 2 atom stereocenters. The molecule has 1 N–H and O–H groups in total. The summed E-state index contributed by atoms with van der Waals surface area (Å²) in [7, 11) is 2.26. The van der Waals surface area contributed by atoms with Gasteiger partial charge >= 0.3 is 0 Å². The predicted molar refractivity (Wildman–Crippen MR) is 73.4 cm³/mol. The minimum atomic E-state index is 0.331. The number of hydrogen-bond donors (Lipinski definition) is 1. The predicted octanol–water partition coefficient (Wildman–Crippen LogP) is 1.54. The minimum absolute atomic E-state index is 0.331. The van der Waals surface area contributed by atoms with Gasteiger partial charge in [-0.3, -0.25) is 9.80 Å². The van der Waals surface area contributed by atoms with Gasteiger partial charge in [0, 0.05) is 37.3 Å². The molecule has 100 valence electrons. The highest BCUT2D eigenvalue weighted by atomic mass is 15.3. The molecule has 0 aromatic heterocycles. The third-order valence-electron chi connectivity index (χ3n) is 4.76.